The quantitative estimate of drug-likeness (QED) is 0.824. The summed E-state index contributed by atoms with van der Waals surface area (Å²) in [4.78, 5) is 15.8. The average Bonchev–Trinajstić information content (AvgIpc) is 2.17. The maximum absolute atomic E-state index is 11.6. The molecular formula is C12H18N2O. The van der Waals surface area contributed by atoms with Crippen molar-refractivity contribution in [2.24, 2.45) is 0 Å². The summed E-state index contributed by atoms with van der Waals surface area (Å²) in [5.74, 6) is 0.333. The SMILES string of the molecule is CC(C)NC(=O)c1ccc(C(C)C)nc1. The van der Waals surface area contributed by atoms with Gasteiger partial charge in [0.05, 0.1) is 5.56 Å². The van der Waals surface area contributed by atoms with E-state index in [1.54, 1.807) is 6.20 Å². The molecule has 0 aliphatic rings. The molecule has 0 unspecified atom stereocenters. The highest BCUT2D eigenvalue weighted by molar-refractivity contribution is 5.93. The van der Waals surface area contributed by atoms with Gasteiger partial charge in [0, 0.05) is 17.9 Å². The molecule has 1 amide bonds. The molecule has 0 saturated heterocycles. The molecule has 0 aliphatic carbocycles. The van der Waals surface area contributed by atoms with E-state index in [9.17, 15) is 4.79 Å². The van der Waals surface area contributed by atoms with Crippen LogP contribution in [0.3, 0.4) is 0 Å². The van der Waals surface area contributed by atoms with Gasteiger partial charge in [-0.3, -0.25) is 9.78 Å². The Hall–Kier alpha value is -1.38. The molecule has 3 heteroatoms. The molecule has 1 N–H and O–H groups in total. The summed E-state index contributed by atoms with van der Waals surface area (Å²) in [5.41, 5.74) is 1.63. The van der Waals surface area contributed by atoms with Crippen LogP contribution < -0.4 is 5.32 Å². The van der Waals surface area contributed by atoms with Gasteiger partial charge in [-0.05, 0) is 31.9 Å². The van der Waals surface area contributed by atoms with E-state index in [0.29, 0.717) is 11.5 Å². The van der Waals surface area contributed by atoms with E-state index in [1.165, 1.54) is 0 Å². The zero-order valence-corrected chi connectivity index (χ0v) is 9.74. The number of hydrogen-bond donors (Lipinski definition) is 1. The van der Waals surface area contributed by atoms with Gasteiger partial charge in [0.25, 0.3) is 5.91 Å². The van der Waals surface area contributed by atoms with Gasteiger partial charge < -0.3 is 5.32 Å². The minimum atomic E-state index is -0.0622. The molecule has 0 spiro atoms. The average molecular weight is 206 g/mol. The summed E-state index contributed by atoms with van der Waals surface area (Å²) in [7, 11) is 0. The van der Waals surface area contributed by atoms with E-state index in [1.807, 2.05) is 26.0 Å². The van der Waals surface area contributed by atoms with Crippen LogP contribution in [-0.4, -0.2) is 16.9 Å². The third-order valence-electron chi connectivity index (χ3n) is 2.06. The lowest BCUT2D eigenvalue weighted by molar-refractivity contribution is 0.0942. The van der Waals surface area contributed by atoms with Crippen molar-refractivity contribution in [3.05, 3.63) is 29.6 Å². The van der Waals surface area contributed by atoms with Crippen LogP contribution in [0.1, 0.15) is 49.7 Å². The summed E-state index contributed by atoms with van der Waals surface area (Å²) in [6.45, 7) is 8.04. The minimum Gasteiger partial charge on any atom is -0.350 e. The molecule has 1 aromatic rings. The standard InChI is InChI=1S/C12H18N2O/c1-8(2)11-6-5-10(7-13-11)12(15)14-9(3)4/h5-9H,1-4H3,(H,14,15). The Kier molecular flexibility index (Phi) is 3.83. The molecule has 0 fully saturated rings. The number of hydrogen-bond acceptors (Lipinski definition) is 2. The van der Waals surface area contributed by atoms with E-state index < -0.39 is 0 Å². The number of nitrogens with one attached hydrogen (secondary N) is 1. The van der Waals surface area contributed by atoms with Gasteiger partial charge in [-0.15, -0.1) is 0 Å². The molecule has 1 heterocycles. The van der Waals surface area contributed by atoms with Gasteiger partial charge in [-0.2, -0.15) is 0 Å². The topological polar surface area (TPSA) is 42.0 Å². The van der Waals surface area contributed by atoms with Crippen molar-refractivity contribution < 1.29 is 4.79 Å². The lowest BCUT2D eigenvalue weighted by Gasteiger charge is -2.09. The van der Waals surface area contributed by atoms with Crippen LogP contribution in [0.25, 0.3) is 0 Å². The second kappa shape index (κ2) is 4.91. The Morgan fingerprint density at radius 3 is 2.33 bits per heavy atom. The van der Waals surface area contributed by atoms with Crippen LogP contribution in [0, 0.1) is 0 Å². The van der Waals surface area contributed by atoms with Crippen LogP contribution in [0.4, 0.5) is 0 Å². The normalized spacial score (nSPS) is 10.8. The van der Waals surface area contributed by atoms with Gasteiger partial charge in [-0.1, -0.05) is 13.8 Å². The maximum Gasteiger partial charge on any atom is 0.253 e. The summed E-state index contributed by atoms with van der Waals surface area (Å²) in [6, 6.07) is 3.88. The molecule has 3 nitrogen and oxygen atoms in total. The maximum atomic E-state index is 11.6. The Morgan fingerprint density at radius 2 is 1.93 bits per heavy atom. The van der Waals surface area contributed by atoms with Crippen LogP contribution in [-0.2, 0) is 0 Å². The summed E-state index contributed by atoms with van der Waals surface area (Å²) >= 11 is 0. The third-order valence-corrected chi connectivity index (χ3v) is 2.06. The van der Waals surface area contributed by atoms with E-state index in [2.05, 4.69) is 24.1 Å². The fraction of sp³-hybridized carbons (Fsp3) is 0.500. The van der Waals surface area contributed by atoms with Gasteiger partial charge in [-0.25, -0.2) is 0 Å². The van der Waals surface area contributed by atoms with Gasteiger partial charge >= 0.3 is 0 Å². The van der Waals surface area contributed by atoms with Crippen LogP contribution in [0.5, 0.6) is 0 Å². The highest BCUT2D eigenvalue weighted by Crippen LogP contribution is 2.11. The molecule has 0 atom stereocenters. The first-order chi connectivity index (χ1) is 7.00. The minimum absolute atomic E-state index is 0.0622. The van der Waals surface area contributed by atoms with Crippen molar-refractivity contribution in [3.63, 3.8) is 0 Å². The number of carbonyl (C=O) groups excluding carboxylic acids is 1. The van der Waals surface area contributed by atoms with Crippen LogP contribution in [0.15, 0.2) is 18.3 Å². The number of amides is 1. The Balaban J connectivity index is 2.75. The Morgan fingerprint density at radius 1 is 1.27 bits per heavy atom. The van der Waals surface area contributed by atoms with Crippen molar-refractivity contribution in [3.8, 4) is 0 Å². The summed E-state index contributed by atoms with van der Waals surface area (Å²) < 4.78 is 0. The summed E-state index contributed by atoms with van der Waals surface area (Å²) in [6.07, 6.45) is 1.63. The molecule has 0 saturated carbocycles. The second-order valence-electron chi connectivity index (χ2n) is 4.25. The van der Waals surface area contributed by atoms with Crippen molar-refractivity contribution in [1.82, 2.24) is 10.3 Å². The predicted octanol–water partition coefficient (Wildman–Crippen LogP) is 2.34. The van der Waals surface area contributed by atoms with E-state index in [4.69, 9.17) is 0 Å². The van der Waals surface area contributed by atoms with E-state index >= 15 is 0 Å². The lowest BCUT2D eigenvalue weighted by atomic mass is 10.1. The fourth-order valence-electron chi connectivity index (χ4n) is 1.23. The monoisotopic (exact) mass is 206 g/mol. The third kappa shape index (κ3) is 3.35. The molecule has 0 aliphatic heterocycles. The van der Waals surface area contributed by atoms with Gasteiger partial charge in [0.2, 0.25) is 0 Å². The van der Waals surface area contributed by atoms with Crippen molar-refractivity contribution in [1.29, 1.82) is 0 Å². The molecular weight excluding hydrogens is 188 g/mol. The van der Waals surface area contributed by atoms with Gasteiger partial charge in [0.1, 0.15) is 0 Å². The molecule has 1 rings (SSSR count). The zero-order valence-electron chi connectivity index (χ0n) is 9.74. The first-order valence-corrected chi connectivity index (χ1v) is 5.27. The molecule has 0 bridgehead atoms. The number of aromatic nitrogens is 1. The van der Waals surface area contributed by atoms with Gasteiger partial charge in [0.15, 0.2) is 0 Å². The predicted molar refractivity (Wildman–Crippen MR) is 60.9 cm³/mol. The fourth-order valence-corrected chi connectivity index (χ4v) is 1.23. The van der Waals surface area contributed by atoms with Crippen LogP contribution in [0.2, 0.25) is 0 Å². The number of carbonyl (C=O) groups is 1. The number of pyridine rings is 1. The zero-order chi connectivity index (χ0) is 11.4. The number of rotatable bonds is 3. The van der Waals surface area contributed by atoms with Crippen LogP contribution >= 0.6 is 0 Å². The lowest BCUT2D eigenvalue weighted by Crippen LogP contribution is -2.30. The Bertz CT molecular complexity index is 328. The van der Waals surface area contributed by atoms with E-state index in [-0.39, 0.29) is 11.9 Å². The Labute approximate surface area is 90.9 Å². The first kappa shape index (κ1) is 11.7. The van der Waals surface area contributed by atoms with Crippen molar-refractivity contribution in [2.45, 2.75) is 39.7 Å². The second-order valence-corrected chi connectivity index (χ2v) is 4.25. The smallest absolute Gasteiger partial charge is 0.253 e. The highest BCUT2D eigenvalue weighted by Gasteiger charge is 2.07. The molecule has 0 aromatic carbocycles. The largest absolute Gasteiger partial charge is 0.350 e. The molecule has 0 radical (unpaired) electrons. The van der Waals surface area contributed by atoms with Crippen molar-refractivity contribution >= 4 is 5.91 Å². The molecule has 15 heavy (non-hydrogen) atoms. The van der Waals surface area contributed by atoms with E-state index in [0.717, 1.165) is 5.69 Å². The summed E-state index contributed by atoms with van der Waals surface area (Å²) in [5, 5.41) is 2.83. The van der Waals surface area contributed by atoms with Crippen molar-refractivity contribution in [2.75, 3.05) is 0 Å². The highest BCUT2D eigenvalue weighted by atomic mass is 16.1. The molecule has 1 aromatic heterocycles. The first-order valence-electron chi connectivity index (χ1n) is 5.27. The number of nitrogens with zero attached hydrogens (tertiary/aromatic N) is 1. The molecule has 82 valence electrons.